The third kappa shape index (κ3) is 1.19. The van der Waals surface area contributed by atoms with Crippen molar-refractivity contribution < 1.29 is 9.53 Å². The van der Waals surface area contributed by atoms with E-state index in [9.17, 15) is 10.0 Å². The molecule has 0 saturated carbocycles. The van der Waals surface area contributed by atoms with E-state index in [-0.39, 0.29) is 5.78 Å². The van der Waals surface area contributed by atoms with Gasteiger partial charge in [0, 0.05) is 26.0 Å². The molecule has 2 atom stereocenters. The second kappa shape index (κ2) is 3.15. The van der Waals surface area contributed by atoms with Crippen LogP contribution in [0.4, 0.5) is 0 Å². The van der Waals surface area contributed by atoms with Crippen molar-refractivity contribution in [1.29, 1.82) is 0 Å². The number of hydrogen-bond acceptors (Lipinski definition) is 3. The summed E-state index contributed by atoms with van der Waals surface area (Å²) in [5, 5.41) is 12.2. The van der Waals surface area contributed by atoms with Crippen LogP contribution in [0.25, 0.3) is 0 Å². The molecular weight excluding hydrogens is 204 g/mol. The van der Waals surface area contributed by atoms with Gasteiger partial charge in [-0.2, -0.15) is 4.74 Å². The van der Waals surface area contributed by atoms with Gasteiger partial charge >= 0.3 is 0 Å². The van der Waals surface area contributed by atoms with Crippen molar-refractivity contribution in [3.05, 3.63) is 5.21 Å². The summed E-state index contributed by atoms with van der Waals surface area (Å²) in [5.74, 6) is -0.00319. The average molecular weight is 222 g/mol. The molecule has 0 unspecified atom stereocenters. The van der Waals surface area contributed by atoms with Crippen LogP contribution in [0.5, 0.6) is 0 Å². The number of carbonyl (C=O) groups excluding carboxylic acids is 1. The molecule has 0 aliphatic carbocycles. The number of hydroxylamine groups is 1. The quantitative estimate of drug-likeness (QED) is 0.462. The fraction of sp³-hybridized carbons (Fsp3) is 0.750. The first-order chi connectivity index (χ1) is 7.31. The van der Waals surface area contributed by atoms with E-state index in [1.54, 1.807) is 13.8 Å². The smallest absolute Gasteiger partial charge is 0.252 e. The maximum absolute atomic E-state index is 12.2. The second-order valence-corrected chi connectivity index (χ2v) is 5.32. The van der Waals surface area contributed by atoms with Crippen LogP contribution in [0.1, 0.15) is 47.0 Å². The highest BCUT2D eigenvalue weighted by atomic mass is 16.5. The van der Waals surface area contributed by atoms with Gasteiger partial charge in [0.15, 0.2) is 5.71 Å². The van der Waals surface area contributed by atoms with Crippen LogP contribution in [0, 0.1) is 5.21 Å². The van der Waals surface area contributed by atoms with Gasteiger partial charge in [0.25, 0.3) is 5.54 Å². The zero-order chi connectivity index (χ0) is 12.1. The van der Waals surface area contributed by atoms with Gasteiger partial charge < -0.3 is 5.21 Å². The molecule has 0 spiro atoms. The molecule has 88 valence electrons. The van der Waals surface area contributed by atoms with Crippen LogP contribution in [0.15, 0.2) is 4.99 Å². The number of nitrogens with zero attached hydrogens (tertiary/aromatic N) is 2. The predicted molar refractivity (Wildman–Crippen MR) is 63.1 cm³/mol. The van der Waals surface area contributed by atoms with Gasteiger partial charge in [-0.25, -0.2) is 0 Å². The Morgan fingerprint density at radius 3 is 2.62 bits per heavy atom. The molecule has 4 heteroatoms. The van der Waals surface area contributed by atoms with Gasteiger partial charge in [-0.15, -0.1) is 0 Å². The van der Waals surface area contributed by atoms with Crippen LogP contribution < -0.4 is 0 Å². The molecule has 0 amide bonds. The summed E-state index contributed by atoms with van der Waals surface area (Å²) in [4.78, 5) is 16.8. The van der Waals surface area contributed by atoms with Crippen molar-refractivity contribution in [3.63, 3.8) is 0 Å². The lowest BCUT2D eigenvalue weighted by molar-refractivity contribution is -0.546. The van der Waals surface area contributed by atoms with Gasteiger partial charge in [-0.05, 0) is 20.3 Å². The Morgan fingerprint density at radius 1 is 1.38 bits per heavy atom. The van der Waals surface area contributed by atoms with E-state index in [1.165, 1.54) is 0 Å². The van der Waals surface area contributed by atoms with E-state index in [2.05, 4.69) is 4.99 Å². The van der Waals surface area contributed by atoms with Gasteiger partial charge in [0.05, 0.1) is 6.42 Å². The van der Waals surface area contributed by atoms with E-state index < -0.39 is 11.1 Å². The molecule has 2 heterocycles. The summed E-state index contributed by atoms with van der Waals surface area (Å²) < 4.78 is 0.898. The van der Waals surface area contributed by atoms with Crippen LogP contribution in [0.3, 0.4) is 0 Å². The Kier molecular flexibility index (Phi) is 2.23. The van der Waals surface area contributed by atoms with Crippen LogP contribution in [-0.2, 0) is 4.79 Å². The number of aliphatic imine (C=N–C) groups is 1. The van der Waals surface area contributed by atoms with E-state index in [0.717, 1.165) is 29.0 Å². The van der Waals surface area contributed by atoms with Crippen molar-refractivity contribution in [3.8, 4) is 0 Å². The van der Waals surface area contributed by atoms with E-state index >= 15 is 0 Å². The molecule has 2 aliphatic heterocycles. The Labute approximate surface area is 95.7 Å². The van der Waals surface area contributed by atoms with Crippen LogP contribution in [-0.4, -0.2) is 33.0 Å². The molecule has 0 aromatic carbocycles. The van der Waals surface area contributed by atoms with Gasteiger partial charge in [0.2, 0.25) is 5.78 Å². The highest BCUT2D eigenvalue weighted by Crippen LogP contribution is 2.41. The number of fused-ring (bicyclic) bond motifs is 1. The Bertz CT molecular complexity index is 425. The Hall–Kier alpha value is -1.19. The number of carbonyl (C=O) groups is 1. The standard InChI is InChI=1S/C12H18N2O2/c1-8-7-10(15)12(4)11(3,13-8)6-5-9(2)14(12)16/h5-7H2,1-4H3/t11-,12-/m0/s1. The summed E-state index contributed by atoms with van der Waals surface area (Å²) >= 11 is 0. The first kappa shape index (κ1) is 11.3. The maximum atomic E-state index is 12.2. The molecular formula is C12H18N2O2. The monoisotopic (exact) mass is 222 g/mol. The lowest BCUT2D eigenvalue weighted by Crippen LogP contribution is -2.65. The highest BCUT2D eigenvalue weighted by Gasteiger charge is 2.61. The van der Waals surface area contributed by atoms with Gasteiger partial charge in [0.1, 0.15) is 5.54 Å². The SMILES string of the molecule is CC1=N[C@@]2(C)CCC(C)=[N+]([O-])[C@@]2(C)C(=O)C1. The molecule has 0 radical (unpaired) electrons. The Balaban J connectivity index is 2.65. The minimum Gasteiger partial charge on any atom is -0.623 e. The lowest BCUT2D eigenvalue weighted by Gasteiger charge is -2.46. The molecule has 0 fully saturated rings. The number of rotatable bonds is 0. The average Bonchev–Trinajstić information content (AvgIpc) is 2.19. The normalized spacial score (nSPS) is 39.5. The molecule has 0 N–H and O–H groups in total. The molecule has 4 nitrogen and oxygen atoms in total. The fourth-order valence-corrected chi connectivity index (χ4v) is 2.81. The summed E-state index contributed by atoms with van der Waals surface area (Å²) in [7, 11) is 0. The fourth-order valence-electron chi connectivity index (χ4n) is 2.81. The largest absolute Gasteiger partial charge is 0.623 e. The maximum Gasteiger partial charge on any atom is 0.252 e. The summed E-state index contributed by atoms with van der Waals surface area (Å²) in [5.41, 5.74) is 0.0173. The van der Waals surface area contributed by atoms with E-state index in [1.807, 2.05) is 13.8 Å². The van der Waals surface area contributed by atoms with E-state index in [4.69, 9.17) is 0 Å². The summed E-state index contributed by atoms with van der Waals surface area (Å²) in [6.45, 7) is 7.32. The second-order valence-electron chi connectivity index (χ2n) is 5.32. The molecule has 0 saturated heterocycles. The zero-order valence-electron chi connectivity index (χ0n) is 10.3. The van der Waals surface area contributed by atoms with Crippen molar-refractivity contribution in [2.24, 2.45) is 4.99 Å². The first-order valence-electron chi connectivity index (χ1n) is 5.70. The molecule has 16 heavy (non-hydrogen) atoms. The third-order valence-electron chi connectivity index (χ3n) is 4.17. The van der Waals surface area contributed by atoms with Crippen molar-refractivity contribution >= 4 is 17.2 Å². The summed E-state index contributed by atoms with van der Waals surface area (Å²) in [6.07, 6.45) is 1.80. The van der Waals surface area contributed by atoms with Crippen molar-refractivity contribution in [2.75, 3.05) is 0 Å². The van der Waals surface area contributed by atoms with Gasteiger partial charge in [-0.1, -0.05) is 0 Å². The molecule has 0 bridgehead atoms. The van der Waals surface area contributed by atoms with Crippen LogP contribution in [0.2, 0.25) is 0 Å². The van der Waals surface area contributed by atoms with Gasteiger partial charge in [-0.3, -0.25) is 9.79 Å². The highest BCUT2D eigenvalue weighted by molar-refractivity contribution is 6.08. The van der Waals surface area contributed by atoms with Crippen molar-refractivity contribution in [1.82, 2.24) is 0 Å². The first-order valence-corrected chi connectivity index (χ1v) is 5.70. The minimum atomic E-state index is -1.01. The number of Topliss-reactive ketones (excluding diaryl/α,β-unsaturated/α-hetero) is 1. The molecule has 2 rings (SSSR count). The number of ketones is 1. The predicted octanol–water partition coefficient (Wildman–Crippen LogP) is 1.70. The minimum absolute atomic E-state index is 0.00319. The van der Waals surface area contributed by atoms with Crippen molar-refractivity contribution in [2.45, 2.75) is 58.0 Å². The zero-order valence-corrected chi connectivity index (χ0v) is 10.3. The molecule has 0 aromatic heterocycles. The van der Waals surface area contributed by atoms with Crippen LogP contribution >= 0.6 is 0 Å². The Morgan fingerprint density at radius 2 is 2.00 bits per heavy atom. The third-order valence-corrected chi connectivity index (χ3v) is 4.17. The molecule has 2 aliphatic rings. The topological polar surface area (TPSA) is 55.5 Å². The molecule has 0 aromatic rings. The lowest BCUT2D eigenvalue weighted by atomic mass is 9.68. The number of hydrogen-bond donors (Lipinski definition) is 0. The van der Waals surface area contributed by atoms with E-state index in [0.29, 0.717) is 6.42 Å². The summed E-state index contributed by atoms with van der Waals surface area (Å²) in [6, 6.07) is 0.